The first-order chi connectivity index (χ1) is 8.27. The van der Waals surface area contributed by atoms with Crippen LogP contribution in [0.1, 0.15) is 28.8 Å². The van der Waals surface area contributed by atoms with E-state index in [1.54, 1.807) is 0 Å². The molecule has 0 aromatic heterocycles. The number of halogens is 2. The summed E-state index contributed by atoms with van der Waals surface area (Å²) in [6.45, 7) is 0. The van der Waals surface area contributed by atoms with Crippen molar-refractivity contribution in [3.63, 3.8) is 0 Å². The molecule has 1 aliphatic carbocycles. The van der Waals surface area contributed by atoms with E-state index in [4.69, 9.17) is 10.2 Å². The van der Waals surface area contributed by atoms with Crippen molar-refractivity contribution in [2.24, 2.45) is 0 Å². The predicted octanol–water partition coefficient (Wildman–Crippen LogP) is 2.14. The molecule has 18 heavy (non-hydrogen) atoms. The number of alkyl halides is 2. The number of carboxylic acids is 2. The summed E-state index contributed by atoms with van der Waals surface area (Å²) in [6, 6.07) is 5.17. The van der Waals surface area contributed by atoms with Crippen molar-refractivity contribution in [2.45, 2.75) is 24.2 Å². The van der Waals surface area contributed by atoms with E-state index < -0.39 is 36.1 Å². The van der Waals surface area contributed by atoms with E-state index in [1.165, 1.54) is 18.2 Å². The van der Waals surface area contributed by atoms with Gasteiger partial charge in [-0.1, -0.05) is 12.1 Å². The lowest BCUT2D eigenvalue weighted by molar-refractivity contribution is -0.174. The van der Waals surface area contributed by atoms with Gasteiger partial charge in [0.15, 0.2) is 0 Å². The van der Waals surface area contributed by atoms with Crippen molar-refractivity contribution in [3.05, 3.63) is 35.4 Å². The average molecular weight is 256 g/mol. The highest BCUT2D eigenvalue weighted by atomic mass is 19.3. The Labute approximate surface area is 101 Å². The van der Waals surface area contributed by atoms with Gasteiger partial charge >= 0.3 is 11.9 Å². The van der Waals surface area contributed by atoms with Crippen molar-refractivity contribution < 1.29 is 28.6 Å². The van der Waals surface area contributed by atoms with Crippen molar-refractivity contribution in [1.82, 2.24) is 0 Å². The van der Waals surface area contributed by atoms with E-state index in [-0.39, 0.29) is 11.1 Å². The molecule has 0 heterocycles. The van der Waals surface area contributed by atoms with Gasteiger partial charge < -0.3 is 10.2 Å². The topological polar surface area (TPSA) is 74.6 Å². The SMILES string of the molecule is O=C(O)c1cccc(C2(C(=O)O)CC(F)(F)C2)c1. The normalized spacial score (nSPS) is 19.9. The first kappa shape index (κ1) is 12.5. The van der Waals surface area contributed by atoms with Crippen LogP contribution in [0, 0.1) is 0 Å². The van der Waals surface area contributed by atoms with Crippen LogP contribution in [0.15, 0.2) is 24.3 Å². The van der Waals surface area contributed by atoms with Crippen LogP contribution < -0.4 is 0 Å². The highest BCUT2D eigenvalue weighted by molar-refractivity contribution is 5.89. The standard InChI is InChI=1S/C12H10F2O4/c13-12(14)5-11(6-12,10(17)18)8-3-1-2-7(4-8)9(15)16/h1-4H,5-6H2,(H,15,16)(H,17,18). The second kappa shape index (κ2) is 3.76. The number of rotatable bonds is 3. The number of carboxylic acid groups (broad SMARTS) is 2. The van der Waals surface area contributed by atoms with Crippen LogP contribution in [0.5, 0.6) is 0 Å². The van der Waals surface area contributed by atoms with Gasteiger partial charge in [-0.15, -0.1) is 0 Å². The number of hydrogen-bond donors (Lipinski definition) is 2. The molecule has 1 aromatic carbocycles. The van der Waals surface area contributed by atoms with Crippen molar-refractivity contribution in [1.29, 1.82) is 0 Å². The molecule has 6 heteroatoms. The first-order valence-electron chi connectivity index (χ1n) is 5.22. The summed E-state index contributed by atoms with van der Waals surface area (Å²) >= 11 is 0. The van der Waals surface area contributed by atoms with E-state index in [2.05, 4.69) is 0 Å². The minimum absolute atomic E-state index is 0.108. The molecule has 1 aliphatic rings. The smallest absolute Gasteiger partial charge is 0.335 e. The van der Waals surface area contributed by atoms with Gasteiger partial charge in [0.2, 0.25) is 0 Å². The van der Waals surface area contributed by atoms with Crippen molar-refractivity contribution >= 4 is 11.9 Å². The lowest BCUT2D eigenvalue weighted by Gasteiger charge is -2.44. The molecule has 0 bridgehead atoms. The summed E-state index contributed by atoms with van der Waals surface area (Å²) in [4.78, 5) is 22.0. The van der Waals surface area contributed by atoms with Gasteiger partial charge in [-0.25, -0.2) is 13.6 Å². The summed E-state index contributed by atoms with van der Waals surface area (Å²) in [6.07, 6.45) is -1.59. The fraction of sp³-hybridized carbons (Fsp3) is 0.333. The summed E-state index contributed by atoms with van der Waals surface area (Å²) in [5.74, 6) is -5.57. The summed E-state index contributed by atoms with van der Waals surface area (Å²) in [7, 11) is 0. The Balaban J connectivity index is 2.43. The van der Waals surface area contributed by atoms with Gasteiger partial charge in [-0.2, -0.15) is 0 Å². The van der Waals surface area contributed by atoms with Crippen LogP contribution in [0.25, 0.3) is 0 Å². The van der Waals surface area contributed by atoms with Crippen LogP contribution in [0.4, 0.5) is 8.78 Å². The molecule has 2 rings (SSSR count). The van der Waals surface area contributed by atoms with E-state index >= 15 is 0 Å². The van der Waals surface area contributed by atoms with Gasteiger partial charge in [0.1, 0.15) is 5.41 Å². The Bertz CT molecular complexity index is 517. The van der Waals surface area contributed by atoms with Crippen LogP contribution in [0.2, 0.25) is 0 Å². The second-order valence-corrected chi connectivity index (χ2v) is 4.48. The minimum Gasteiger partial charge on any atom is -0.481 e. The average Bonchev–Trinajstić information content (AvgIpc) is 2.25. The number of carbonyl (C=O) groups is 2. The lowest BCUT2D eigenvalue weighted by Crippen LogP contribution is -2.54. The fourth-order valence-corrected chi connectivity index (χ4v) is 2.26. The fourth-order valence-electron chi connectivity index (χ4n) is 2.26. The second-order valence-electron chi connectivity index (χ2n) is 4.48. The number of aliphatic carboxylic acids is 1. The number of benzene rings is 1. The zero-order valence-electron chi connectivity index (χ0n) is 9.19. The molecule has 0 atom stereocenters. The Morgan fingerprint density at radius 2 is 1.78 bits per heavy atom. The maximum atomic E-state index is 13.0. The molecule has 4 nitrogen and oxygen atoms in total. The molecule has 0 amide bonds. The maximum absolute atomic E-state index is 13.0. The Kier molecular flexibility index (Phi) is 2.61. The molecule has 1 fully saturated rings. The number of hydrogen-bond acceptors (Lipinski definition) is 2. The van der Waals surface area contributed by atoms with Gasteiger partial charge in [-0.3, -0.25) is 4.79 Å². The third kappa shape index (κ3) is 1.83. The van der Waals surface area contributed by atoms with Gasteiger partial charge in [0.05, 0.1) is 5.56 Å². The van der Waals surface area contributed by atoms with Crippen molar-refractivity contribution in [3.8, 4) is 0 Å². The quantitative estimate of drug-likeness (QED) is 0.868. The van der Waals surface area contributed by atoms with Crippen LogP contribution in [-0.2, 0) is 10.2 Å². The molecular formula is C12H10F2O4. The van der Waals surface area contributed by atoms with Gasteiger partial charge in [0, 0.05) is 12.8 Å². The minimum atomic E-state index is -3.00. The molecule has 2 N–H and O–H groups in total. The molecular weight excluding hydrogens is 246 g/mol. The molecule has 0 radical (unpaired) electrons. The molecule has 1 aromatic rings. The molecule has 1 saturated carbocycles. The van der Waals surface area contributed by atoms with Crippen molar-refractivity contribution in [2.75, 3.05) is 0 Å². The highest BCUT2D eigenvalue weighted by Crippen LogP contribution is 2.53. The third-order valence-corrected chi connectivity index (χ3v) is 3.19. The molecule has 96 valence electrons. The van der Waals surface area contributed by atoms with E-state index in [0.717, 1.165) is 6.07 Å². The van der Waals surface area contributed by atoms with Crippen LogP contribution in [-0.4, -0.2) is 28.1 Å². The van der Waals surface area contributed by atoms with Gasteiger partial charge in [0.25, 0.3) is 5.92 Å². The first-order valence-corrected chi connectivity index (χ1v) is 5.22. The monoisotopic (exact) mass is 256 g/mol. The number of aromatic carboxylic acids is 1. The van der Waals surface area contributed by atoms with E-state index in [0.29, 0.717) is 0 Å². The lowest BCUT2D eigenvalue weighted by atomic mass is 9.62. The molecule has 0 saturated heterocycles. The largest absolute Gasteiger partial charge is 0.481 e. The maximum Gasteiger partial charge on any atom is 0.335 e. The summed E-state index contributed by atoms with van der Waals surface area (Å²) in [5, 5.41) is 17.9. The highest BCUT2D eigenvalue weighted by Gasteiger charge is 2.62. The van der Waals surface area contributed by atoms with E-state index in [1.807, 2.05) is 0 Å². The molecule has 0 aliphatic heterocycles. The zero-order valence-corrected chi connectivity index (χ0v) is 9.19. The zero-order chi connectivity index (χ0) is 13.6. The Morgan fingerprint density at radius 1 is 1.17 bits per heavy atom. The third-order valence-electron chi connectivity index (χ3n) is 3.19. The predicted molar refractivity (Wildman–Crippen MR) is 56.9 cm³/mol. The molecule has 0 unspecified atom stereocenters. The Morgan fingerprint density at radius 3 is 2.22 bits per heavy atom. The van der Waals surface area contributed by atoms with Gasteiger partial charge in [-0.05, 0) is 17.7 Å². The summed E-state index contributed by atoms with van der Waals surface area (Å²) in [5.41, 5.74) is -1.67. The van der Waals surface area contributed by atoms with E-state index in [9.17, 15) is 18.4 Å². The van der Waals surface area contributed by atoms with Crippen LogP contribution in [0.3, 0.4) is 0 Å². The summed E-state index contributed by atoms with van der Waals surface area (Å²) < 4.78 is 25.9. The molecule has 0 spiro atoms. The Hall–Kier alpha value is -1.98. The van der Waals surface area contributed by atoms with Crippen LogP contribution >= 0.6 is 0 Å².